The van der Waals surface area contributed by atoms with Crippen LogP contribution in [0.1, 0.15) is 27.7 Å². The van der Waals surface area contributed by atoms with E-state index in [4.69, 9.17) is 18.3 Å². The molecule has 0 bridgehead atoms. The fourth-order valence-corrected chi connectivity index (χ4v) is 3.32. The van der Waals surface area contributed by atoms with Gasteiger partial charge in [0, 0.05) is 39.6 Å². The van der Waals surface area contributed by atoms with Gasteiger partial charge in [0.1, 0.15) is 17.8 Å². The van der Waals surface area contributed by atoms with Gasteiger partial charge in [-0.2, -0.15) is 6.92 Å². The molecule has 0 spiro atoms. The van der Waals surface area contributed by atoms with Crippen molar-refractivity contribution in [3.05, 3.63) is 12.7 Å². The van der Waals surface area contributed by atoms with Crippen molar-refractivity contribution < 1.29 is 72.7 Å². The Hall–Kier alpha value is 1.26. The van der Waals surface area contributed by atoms with E-state index >= 15 is 0 Å². The molecule has 0 aromatic heterocycles. The predicted molar refractivity (Wildman–Crippen MR) is 69.1 cm³/mol. The summed E-state index contributed by atoms with van der Waals surface area (Å²) >= 11 is 0. The Balaban J connectivity index is 0.00000220. The number of phosphoric acid groups is 1. The minimum absolute atomic E-state index is 0. The van der Waals surface area contributed by atoms with Crippen molar-refractivity contribution in [1.29, 1.82) is 0 Å². The summed E-state index contributed by atoms with van der Waals surface area (Å²) in [4.78, 5) is 0. The van der Waals surface area contributed by atoms with Crippen molar-refractivity contribution in [1.82, 2.24) is 0 Å². The number of hydrogen-bond donors (Lipinski definition) is 2. The van der Waals surface area contributed by atoms with Crippen LogP contribution in [-0.2, 0) is 62.5 Å². The molecule has 2 N–H and O–H groups in total. The zero-order chi connectivity index (χ0) is 15.1. The first-order chi connectivity index (χ1) is 9.16. The molecule has 0 saturated carbocycles. The van der Waals surface area contributed by atoms with Crippen molar-refractivity contribution >= 4 is 7.82 Å². The summed E-state index contributed by atoms with van der Waals surface area (Å²) in [6.07, 6.45) is -1.95. The average Bonchev–Trinajstić information content (AvgIpc) is 2.56. The van der Waals surface area contributed by atoms with Crippen LogP contribution in [0.5, 0.6) is 0 Å². The van der Waals surface area contributed by atoms with Gasteiger partial charge in [-0.25, -0.2) is 17.3 Å². The maximum absolute atomic E-state index is 12.2. The molecule has 129 valence electrons. The molecule has 2 aliphatic rings. The Kier molecular flexibility index (Phi) is 9.07. The molecule has 2 saturated heterocycles. The van der Waals surface area contributed by atoms with Crippen LogP contribution >= 0.6 is 7.82 Å². The molecular weight excluding hydrogens is 522 g/mol. The standard InChI is InChI=1S/C12H21O7P.V.W/c1-7-5-16-20(15,19-8(7)2)17-6-10-11(13)12(4,14)9(3)18-10;;/h5,7,9-11,13-14H,6H2,1-4H3;;/q-2;;/t7?,9-,10+,11+,12-,20?;;/m0../s1. The summed E-state index contributed by atoms with van der Waals surface area (Å²) < 4.78 is 32.9. The fraction of sp³-hybridized carbons (Fsp3) is 0.833. The molecule has 7 nitrogen and oxygen atoms in total. The van der Waals surface area contributed by atoms with Crippen molar-refractivity contribution in [2.75, 3.05) is 6.61 Å². The van der Waals surface area contributed by atoms with Gasteiger partial charge in [-0.15, -0.1) is 6.92 Å². The van der Waals surface area contributed by atoms with Crippen LogP contribution in [0.2, 0.25) is 0 Å². The van der Waals surface area contributed by atoms with E-state index in [1.807, 2.05) is 6.92 Å². The van der Waals surface area contributed by atoms with Crippen molar-refractivity contribution in [3.8, 4) is 0 Å². The molecule has 1 radical (unpaired) electrons. The summed E-state index contributed by atoms with van der Waals surface area (Å²) in [5.74, 6) is -0.0743. The summed E-state index contributed by atoms with van der Waals surface area (Å²) in [5.41, 5.74) is -1.38. The van der Waals surface area contributed by atoms with E-state index in [1.165, 1.54) is 13.5 Å². The van der Waals surface area contributed by atoms with Crippen molar-refractivity contribution in [2.24, 2.45) is 5.92 Å². The summed E-state index contributed by atoms with van der Waals surface area (Å²) in [6, 6.07) is 0. The first kappa shape index (κ1) is 23.3. The number of aliphatic hydroxyl groups is 2. The van der Waals surface area contributed by atoms with Crippen LogP contribution in [0.15, 0.2) is 0 Å². The van der Waals surface area contributed by atoms with Gasteiger partial charge < -0.3 is 24.0 Å². The summed E-state index contributed by atoms with van der Waals surface area (Å²) in [6.45, 7) is 7.84. The number of aliphatic hydroxyl groups excluding tert-OH is 1. The predicted octanol–water partition coefficient (Wildman–Crippen LogP) is 1.40. The van der Waals surface area contributed by atoms with Crippen LogP contribution in [0.25, 0.3) is 0 Å². The van der Waals surface area contributed by atoms with Gasteiger partial charge in [0.2, 0.25) is 0 Å². The Bertz CT molecular complexity index is 411. The molecule has 0 aliphatic carbocycles. The molecule has 10 heteroatoms. The monoisotopic (exact) mass is 543 g/mol. The van der Waals surface area contributed by atoms with Gasteiger partial charge in [-0.05, 0) is 13.8 Å². The normalized spacial score (nSPS) is 45.9. The first-order valence-electron chi connectivity index (χ1n) is 6.51. The van der Waals surface area contributed by atoms with E-state index in [2.05, 4.69) is 0 Å². The second-order valence-corrected chi connectivity index (χ2v) is 7.01. The zero-order valence-corrected chi connectivity index (χ0v) is 18.1. The van der Waals surface area contributed by atoms with Crippen LogP contribution in [0.3, 0.4) is 0 Å². The maximum Gasteiger partial charge on any atom is 0.413 e. The Morgan fingerprint density at radius 1 is 1.45 bits per heavy atom. The smallest absolute Gasteiger partial charge is 0.413 e. The van der Waals surface area contributed by atoms with E-state index in [9.17, 15) is 14.8 Å². The van der Waals surface area contributed by atoms with Gasteiger partial charge in [0.25, 0.3) is 0 Å². The SMILES string of the molecule is C[C-]1OP(=O)(OC[C@H]2O[C@@H](C)[C@](C)(O)[C@@H]2O)O[CH-]C1C.[V].[W]. The Labute approximate surface area is 157 Å². The van der Waals surface area contributed by atoms with Crippen LogP contribution in [-0.4, -0.2) is 40.7 Å². The third-order valence-corrected chi connectivity index (χ3v) is 5.20. The molecular formula is C12H21O7PVW-2. The van der Waals surface area contributed by atoms with Crippen LogP contribution in [0, 0.1) is 18.6 Å². The number of phosphoric ester groups is 1. The minimum Gasteiger partial charge on any atom is -0.468 e. The van der Waals surface area contributed by atoms with E-state index in [1.54, 1.807) is 13.8 Å². The molecule has 0 aromatic rings. The first-order valence-corrected chi connectivity index (χ1v) is 7.97. The van der Waals surface area contributed by atoms with Gasteiger partial charge in [0.05, 0.1) is 12.7 Å². The molecule has 2 rings (SSSR count). The Morgan fingerprint density at radius 3 is 2.50 bits per heavy atom. The average molecular weight is 543 g/mol. The van der Waals surface area contributed by atoms with Crippen LogP contribution < -0.4 is 0 Å². The quantitative estimate of drug-likeness (QED) is 0.411. The molecule has 2 unspecified atom stereocenters. The second kappa shape index (κ2) is 8.57. The van der Waals surface area contributed by atoms with E-state index in [0.29, 0.717) is 6.10 Å². The topological polar surface area (TPSA) is 94.5 Å². The molecule has 0 amide bonds. The van der Waals surface area contributed by atoms with E-state index in [-0.39, 0.29) is 52.1 Å². The molecule has 6 atom stereocenters. The summed E-state index contributed by atoms with van der Waals surface area (Å²) in [5, 5.41) is 20.0. The van der Waals surface area contributed by atoms with Gasteiger partial charge >= 0.3 is 7.82 Å². The molecule has 2 fully saturated rings. The molecule has 0 aromatic carbocycles. The molecule has 2 heterocycles. The van der Waals surface area contributed by atoms with Gasteiger partial charge in [-0.1, -0.05) is 0 Å². The van der Waals surface area contributed by atoms with Crippen molar-refractivity contribution in [3.63, 3.8) is 0 Å². The number of ether oxygens (including phenoxy) is 1. The maximum atomic E-state index is 12.2. The Morgan fingerprint density at radius 2 is 2.05 bits per heavy atom. The number of rotatable bonds is 3. The zero-order valence-electron chi connectivity index (χ0n) is 12.8. The second-order valence-electron chi connectivity index (χ2n) is 5.46. The van der Waals surface area contributed by atoms with Crippen molar-refractivity contribution in [2.45, 2.75) is 51.6 Å². The van der Waals surface area contributed by atoms with Gasteiger partial charge in [0.15, 0.2) is 0 Å². The molecule has 22 heavy (non-hydrogen) atoms. The number of hydrogen-bond acceptors (Lipinski definition) is 7. The minimum atomic E-state index is -3.71. The van der Waals surface area contributed by atoms with Gasteiger partial charge in [-0.3, -0.25) is 10.4 Å². The molecule has 2 aliphatic heterocycles. The van der Waals surface area contributed by atoms with E-state index in [0.717, 1.165) is 0 Å². The third-order valence-electron chi connectivity index (χ3n) is 3.84. The van der Waals surface area contributed by atoms with Crippen LogP contribution in [0.4, 0.5) is 0 Å². The summed E-state index contributed by atoms with van der Waals surface area (Å²) in [7, 11) is -3.71. The third kappa shape index (κ3) is 4.89. The fourth-order valence-electron chi connectivity index (χ4n) is 1.99. The van der Waals surface area contributed by atoms with E-state index < -0.39 is 31.7 Å². The largest absolute Gasteiger partial charge is 0.468 e.